The Hall–Kier alpha value is -1.09. The van der Waals surface area contributed by atoms with Crippen molar-refractivity contribution in [3.8, 4) is 0 Å². The minimum atomic E-state index is -0.151. The molecule has 1 N–H and O–H groups in total. The molecule has 0 atom stereocenters. The fraction of sp³-hybridized carbons (Fsp3) is 0.667. The second-order valence-electron chi connectivity index (χ2n) is 8.03. The van der Waals surface area contributed by atoms with Crippen molar-refractivity contribution in [2.75, 3.05) is 18.0 Å². The van der Waals surface area contributed by atoms with Gasteiger partial charge in [-0.05, 0) is 62.8 Å². The lowest BCUT2D eigenvalue weighted by molar-refractivity contribution is 0.279. The summed E-state index contributed by atoms with van der Waals surface area (Å²) in [5.41, 5.74) is 2.71. The molecule has 3 heteroatoms. The van der Waals surface area contributed by atoms with Crippen molar-refractivity contribution in [1.29, 1.82) is 0 Å². The average Bonchev–Trinajstić information content (AvgIpc) is 2.36. The lowest BCUT2D eigenvalue weighted by Gasteiger charge is -2.39. The van der Waals surface area contributed by atoms with E-state index in [4.69, 9.17) is 0 Å². The van der Waals surface area contributed by atoms with Crippen LogP contribution in [0, 0.1) is 11.2 Å². The van der Waals surface area contributed by atoms with Crippen molar-refractivity contribution in [1.82, 2.24) is 5.32 Å². The topological polar surface area (TPSA) is 15.3 Å². The molecule has 0 spiro atoms. The molecule has 0 saturated carbocycles. The molecule has 0 bridgehead atoms. The number of nitrogens with zero attached hydrogens (tertiary/aromatic N) is 1. The van der Waals surface area contributed by atoms with Crippen LogP contribution in [0.4, 0.5) is 10.1 Å². The van der Waals surface area contributed by atoms with Crippen molar-refractivity contribution in [3.05, 3.63) is 29.6 Å². The molecule has 1 aromatic rings. The van der Waals surface area contributed by atoms with Crippen LogP contribution in [0.1, 0.15) is 53.0 Å². The summed E-state index contributed by atoms with van der Waals surface area (Å²) in [6.07, 6.45) is 2.38. The second-order valence-corrected chi connectivity index (χ2v) is 8.03. The van der Waals surface area contributed by atoms with Gasteiger partial charge in [-0.15, -0.1) is 0 Å². The first kappa shape index (κ1) is 16.3. The second kappa shape index (κ2) is 5.96. The molecule has 1 heterocycles. The van der Waals surface area contributed by atoms with Crippen molar-refractivity contribution in [3.63, 3.8) is 0 Å². The number of hydrogen-bond donors (Lipinski definition) is 1. The van der Waals surface area contributed by atoms with Gasteiger partial charge in [0.15, 0.2) is 0 Å². The molecule has 0 aliphatic carbocycles. The Morgan fingerprint density at radius 1 is 1.19 bits per heavy atom. The quantitative estimate of drug-likeness (QED) is 0.891. The van der Waals surface area contributed by atoms with Gasteiger partial charge in [0.1, 0.15) is 5.82 Å². The zero-order valence-corrected chi connectivity index (χ0v) is 14.1. The van der Waals surface area contributed by atoms with Crippen LogP contribution in [0.5, 0.6) is 0 Å². The highest BCUT2D eigenvalue weighted by Gasteiger charge is 2.26. The predicted octanol–water partition coefficient (Wildman–Crippen LogP) is 4.34. The van der Waals surface area contributed by atoms with Crippen molar-refractivity contribution in [2.45, 2.75) is 59.5 Å². The van der Waals surface area contributed by atoms with E-state index in [2.05, 4.69) is 44.8 Å². The summed E-state index contributed by atoms with van der Waals surface area (Å²) in [6, 6.07) is 5.19. The van der Waals surface area contributed by atoms with E-state index in [0.29, 0.717) is 12.0 Å². The van der Waals surface area contributed by atoms with Gasteiger partial charge in [-0.25, -0.2) is 4.39 Å². The SMILES string of the molecule is CC1(C)CCN(c2ccc(F)cc2CNC(C)(C)C)CC1. The van der Waals surface area contributed by atoms with Crippen LogP contribution in [0.2, 0.25) is 0 Å². The molecule has 1 aliphatic heterocycles. The third-order valence-corrected chi connectivity index (χ3v) is 4.31. The number of benzene rings is 1. The lowest BCUT2D eigenvalue weighted by Crippen LogP contribution is -2.39. The standard InChI is InChI=1S/C18H29FN2/c1-17(2,3)20-13-14-12-15(19)6-7-16(14)21-10-8-18(4,5)9-11-21/h6-7,12,20H,8-11,13H2,1-5H3. The van der Waals surface area contributed by atoms with E-state index in [0.717, 1.165) is 18.7 Å². The van der Waals surface area contributed by atoms with Gasteiger partial charge in [-0.3, -0.25) is 0 Å². The minimum absolute atomic E-state index is 0.0352. The first-order valence-corrected chi connectivity index (χ1v) is 7.95. The maximum absolute atomic E-state index is 13.6. The largest absolute Gasteiger partial charge is 0.371 e. The highest BCUT2D eigenvalue weighted by molar-refractivity contribution is 5.54. The summed E-state index contributed by atoms with van der Waals surface area (Å²) < 4.78 is 13.6. The molecule has 2 rings (SSSR count). The zero-order valence-electron chi connectivity index (χ0n) is 14.1. The number of rotatable bonds is 3. The van der Waals surface area contributed by atoms with E-state index in [1.54, 1.807) is 12.1 Å². The highest BCUT2D eigenvalue weighted by atomic mass is 19.1. The van der Waals surface area contributed by atoms with Gasteiger partial charge in [-0.1, -0.05) is 13.8 Å². The van der Waals surface area contributed by atoms with Crippen LogP contribution in [-0.2, 0) is 6.54 Å². The third kappa shape index (κ3) is 4.70. The Morgan fingerprint density at radius 3 is 2.38 bits per heavy atom. The van der Waals surface area contributed by atoms with Crippen molar-refractivity contribution in [2.24, 2.45) is 5.41 Å². The van der Waals surface area contributed by atoms with Gasteiger partial charge in [0.05, 0.1) is 0 Å². The van der Waals surface area contributed by atoms with Crippen molar-refractivity contribution < 1.29 is 4.39 Å². The molecule has 1 aromatic carbocycles. The maximum Gasteiger partial charge on any atom is 0.123 e. The molecular formula is C18H29FN2. The predicted molar refractivity (Wildman–Crippen MR) is 88.2 cm³/mol. The molecule has 1 aliphatic rings. The summed E-state index contributed by atoms with van der Waals surface area (Å²) in [4.78, 5) is 2.41. The lowest BCUT2D eigenvalue weighted by atomic mass is 9.82. The Morgan fingerprint density at radius 2 is 1.81 bits per heavy atom. The average molecular weight is 292 g/mol. The number of hydrogen-bond acceptors (Lipinski definition) is 2. The van der Waals surface area contributed by atoms with Crippen LogP contribution in [-0.4, -0.2) is 18.6 Å². The number of piperidine rings is 1. The molecule has 1 fully saturated rings. The van der Waals surface area contributed by atoms with Gasteiger partial charge in [-0.2, -0.15) is 0 Å². The van der Waals surface area contributed by atoms with Crippen LogP contribution in [0.25, 0.3) is 0 Å². The Kier molecular flexibility index (Phi) is 4.62. The molecule has 0 unspecified atom stereocenters. The van der Waals surface area contributed by atoms with E-state index in [1.165, 1.54) is 18.5 Å². The molecular weight excluding hydrogens is 263 g/mol. The minimum Gasteiger partial charge on any atom is -0.371 e. The Bertz CT molecular complexity index is 478. The number of anilines is 1. The molecule has 2 nitrogen and oxygen atoms in total. The van der Waals surface area contributed by atoms with E-state index in [-0.39, 0.29) is 11.4 Å². The van der Waals surface area contributed by atoms with Gasteiger partial charge < -0.3 is 10.2 Å². The number of halogens is 1. The summed E-state index contributed by atoms with van der Waals surface area (Å²) in [6.45, 7) is 13.9. The first-order chi connectivity index (χ1) is 9.66. The van der Waals surface area contributed by atoms with Crippen LogP contribution >= 0.6 is 0 Å². The summed E-state index contributed by atoms with van der Waals surface area (Å²) in [5, 5.41) is 3.47. The normalized spacial score (nSPS) is 18.9. The molecule has 0 radical (unpaired) electrons. The van der Waals surface area contributed by atoms with Gasteiger partial charge in [0.2, 0.25) is 0 Å². The number of nitrogens with one attached hydrogen (secondary N) is 1. The fourth-order valence-electron chi connectivity index (χ4n) is 2.72. The summed E-state index contributed by atoms with van der Waals surface area (Å²) >= 11 is 0. The smallest absolute Gasteiger partial charge is 0.123 e. The highest BCUT2D eigenvalue weighted by Crippen LogP contribution is 2.33. The monoisotopic (exact) mass is 292 g/mol. The van der Waals surface area contributed by atoms with Crippen LogP contribution in [0.3, 0.4) is 0 Å². The van der Waals surface area contributed by atoms with Gasteiger partial charge in [0, 0.05) is 30.9 Å². The maximum atomic E-state index is 13.6. The third-order valence-electron chi connectivity index (χ3n) is 4.31. The van der Waals surface area contributed by atoms with Gasteiger partial charge >= 0.3 is 0 Å². The van der Waals surface area contributed by atoms with E-state index in [1.807, 2.05) is 6.07 Å². The van der Waals surface area contributed by atoms with E-state index >= 15 is 0 Å². The Labute approximate surface area is 128 Å². The molecule has 21 heavy (non-hydrogen) atoms. The molecule has 118 valence electrons. The molecule has 0 aromatic heterocycles. The molecule has 1 saturated heterocycles. The fourth-order valence-corrected chi connectivity index (χ4v) is 2.72. The van der Waals surface area contributed by atoms with E-state index in [9.17, 15) is 4.39 Å². The summed E-state index contributed by atoms with van der Waals surface area (Å²) in [7, 11) is 0. The van der Waals surface area contributed by atoms with Crippen molar-refractivity contribution >= 4 is 5.69 Å². The first-order valence-electron chi connectivity index (χ1n) is 7.95. The molecule has 0 amide bonds. The van der Waals surface area contributed by atoms with Gasteiger partial charge in [0.25, 0.3) is 0 Å². The Balaban J connectivity index is 2.15. The van der Waals surface area contributed by atoms with Crippen LogP contribution < -0.4 is 10.2 Å². The zero-order chi connectivity index (χ0) is 15.7. The summed E-state index contributed by atoms with van der Waals surface area (Å²) in [5.74, 6) is -0.151. The van der Waals surface area contributed by atoms with Crippen LogP contribution in [0.15, 0.2) is 18.2 Å². The van der Waals surface area contributed by atoms with E-state index < -0.39 is 0 Å².